The van der Waals surface area contributed by atoms with Gasteiger partial charge in [0, 0.05) is 25.1 Å². The molecule has 1 atom stereocenters. The van der Waals surface area contributed by atoms with Crippen LogP contribution in [0.1, 0.15) is 54.4 Å². The van der Waals surface area contributed by atoms with Gasteiger partial charge in [0.15, 0.2) is 17.3 Å². The molecule has 0 aliphatic carbocycles. The summed E-state index contributed by atoms with van der Waals surface area (Å²) in [5.74, 6) is -0.293. The molecule has 4 aromatic rings. The van der Waals surface area contributed by atoms with Gasteiger partial charge in [-0.2, -0.15) is 0 Å². The Balaban J connectivity index is 1.65. The molecule has 212 valence electrons. The number of pyridine rings is 2. The van der Waals surface area contributed by atoms with E-state index in [1.165, 1.54) is 4.90 Å². The van der Waals surface area contributed by atoms with Crippen molar-refractivity contribution in [2.24, 2.45) is 5.92 Å². The number of amides is 1. The van der Waals surface area contributed by atoms with Crippen LogP contribution in [0, 0.1) is 19.8 Å². The number of imidazole rings is 1. The molecule has 0 radical (unpaired) electrons. The summed E-state index contributed by atoms with van der Waals surface area (Å²) in [7, 11) is 1.55. The van der Waals surface area contributed by atoms with E-state index >= 15 is 0 Å². The normalized spacial score (nSPS) is 16.6. The van der Waals surface area contributed by atoms with Gasteiger partial charge in [0.25, 0.3) is 11.7 Å². The second-order valence-corrected chi connectivity index (χ2v) is 10.7. The summed E-state index contributed by atoms with van der Waals surface area (Å²) in [6, 6.07) is 11.9. The number of ether oxygens (including phenoxy) is 2. The van der Waals surface area contributed by atoms with Crippen molar-refractivity contribution in [3.63, 3.8) is 0 Å². The number of Topliss-reactive ketones (excluding diaryl/α,β-unsaturated/α-hetero) is 1. The predicted molar refractivity (Wildman–Crippen MR) is 155 cm³/mol. The first-order valence-electron chi connectivity index (χ1n) is 13.6. The smallest absolute Gasteiger partial charge is 0.295 e. The molecule has 1 aliphatic heterocycles. The molecule has 9 heteroatoms. The maximum atomic E-state index is 13.6. The fourth-order valence-corrected chi connectivity index (χ4v) is 5.13. The summed E-state index contributed by atoms with van der Waals surface area (Å²) >= 11 is 0. The van der Waals surface area contributed by atoms with Crippen molar-refractivity contribution < 1.29 is 24.2 Å². The van der Waals surface area contributed by atoms with E-state index in [1.807, 2.05) is 42.6 Å². The lowest BCUT2D eigenvalue weighted by Gasteiger charge is -2.26. The molecule has 4 heterocycles. The topological polar surface area (TPSA) is 106 Å². The van der Waals surface area contributed by atoms with Gasteiger partial charge < -0.3 is 23.9 Å². The third-order valence-corrected chi connectivity index (χ3v) is 7.38. The van der Waals surface area contributed by atoms with Crippen molar-refractivity contribution in [3.8, 4) is 11.5 Å². The number of aliphatic hydroxyl groups excluding tert-OH is 1. The summed E-state index contributed by atoms with van der Waals surface area (Å²) in [6.45, 7) is 8.65. The predicted octanol–water partition coefficient (Wildman–Crippen LogP) is 5.40. The first kappa shape index (κ1) is 27.9. The number of nitrogens with zero attached hydrogens (tertiary/aromatic N) is 4. The molecule has 1 amide bonds. The number of carbonyl (C=O) groups is 2. The number of rotatable bonds is 9. The number of ketones is 1. The molecule has 41 heavy (non-hydrogen) atoms. The Hall–Kier alpha value is -4.66. The van der Waals surface area contributed by atoms with Crippen LogP contribution < -0.4 is 9.47 Å². The number of aryl methyl sites for hydroxylation is 2. The van der Waals surface area contributed by atoms with Crippen LogP contribution in [0.3, 0.4) is 0 Å². The minimum atomic E-state index is -0.890. The zero-order valence-electron chi connectivity index (χ0n) is 23.9. The van der Waals surface area contributed by atoms with Crippen molar-refractivity contribution in [3.05, 3.63) is 94.7 Å². The fourth-order valence-electron chi connectivity index (χ4n) is 5.13. The maximum Gasteiger partial charge on any atom is 0.295 e. The van der Waals surface area contributed by atoms with E-state index in [0.717, 1.165) is 17.5 Å². The average molecular weight is 555 g/mol. The van der Waals surface area contributed by atoms with Gasteiger partial charge in [-0.3, -0.25) is 14.6 Å². The van der Waals surface area contributed by atoms with Crippen LogP contribution in [-0.2, 0) is 16.1 Å². The van der Waals surface area contributed by atoms with Crippen LogP contribution in [0.25, 0.3) is 11.4 Å². The highest BCUT2D eigenvalue weighted by Crippen LogP contribution is 2.43. The number of aliphatic hydroxyl groups is 1. The summed E-state index contributed by atoms with van der Waals surface area (Å²) in [4.78, 5) is 37.4. The SMILES string of the molecule is COc1cc(C2/C(=C(\O)c3nc4c(C)cccn4c3C)C(=O)C(=O)N2Cc2cccnc2)ccc1OCCC(C)C. The van der Waals surface area contributed by atoms with Crippen molar-refractivity contribution >= 4 is 23.1 Å². The highest BCUT2D eigenvalue weighted by atomic mass is 16.5. The molecule has 1 aromatic carbocycles. The summed E-state index contributed by atoms with van der Waals surface area (Å²) < 4.78 is 13.5. The standard InChI is InChI=1S/C32H34N4O5/c1-19(2)12-15-41-24-11-10-23(16-25(24)40-5)28-26(30(38)32(39)36(28)18-22-9-6-13-33-17-22)29(37)27-21(4)35-14-7-8-20(3)31(35)34-27/h6-11,13-14,16-17,19,28,37H,12,15,18H2,1-5H3/b29-26+. The van der Waals surface area contributed by atoms with E-state index in [-0.39, 0.29) is 23.6 Å². The molecule has 1 fully saturated rings. The first-order chi connectivity index (χ1) is 19.7. The minimum Gasteiger partial charge on any atom is -0.505 e. The molecule has 0 saturated carbocycles. The lowest BCUT2D eigenvalue weighted by atomic mass is 9.95. The van der Waals surface area contributed by atoms with Crippen molar-refractivity contribution in [2.75, 3.05) is 13.7 Å². The zero-order chi connectivity index (χ0) is 29.3. The molecule has 0 bridgehead atoms. The number of hydrogen-bond donors (Lipinski definition) is 1. The molecular weight excluding hydrogens is 520 g/mol. The van der Waals surface area contributed by atoms with Gasteiger partial charge in [0.1, 0.15) is 11.3 Å². The number of aromatic nitrogens is 3. The quantitative estimate of drug-likeness (QED) is 0.168. The van der Waals surface area contributed by atoms with E-state index < -0.39 is 17.7 Å². The number of hydrogen-bond acceptors (Lipinski definition) is 7. The van der Waals surface area contributed by atoms with E-state index in [1.54, 1.807) is 43.8 Å². The van der Waals surface area contributed by atoms with Crippen molar-refractivity contribution in [2.45, 2.75) is 46.7 Å². The Morgan fingerprint density at radius 2 is 1.90 bits per heavy atom. The van der Waals surface area contributed by atoms with Gasteiger partial charge >= 0.3 is 0 Å². The monoisotopic (exact) mass is 554 g/mol. The second-order valence-electron chi connectivity index (χ2n) is 10.7. The van der Waals surface area contributed by atoms with E-state index in [0.29, 0.717) is 40.9 Å². The Morgan fingerprint density at radius 3 is 2.59 bits per heavy atom. The summed E-state index contributed by atoms with van der Waals surface area (Å²) in [5, 5.41) is 11.7. The van der Waals surface area contributed by atoms with E-state index in [2.05, 4.69) is 23.8 Å². The largest absolute Gasteiger partial charge is 0.505 e. The van der Waals surface area contributed by atoms with Crippen LogP contribution in [0.4, 0.5) is 0 Å². The fraction of sp³-hybridized carbons (Fsp3) is 0.312. The van der Waals surface area contributed by atoms with Gasteiger partial charge in [-0.1, -0.05) is 32.0 Å². The molecule has 5 rings (SSSR count). The number of likely N-dealkylation sites (tertiary alicyclic amines) is 1. The molecule has 1 aliphatic rings. The number of methoxy groups -OCH3 is 1. The third-order valence-electron chi connectivity index (χ3n) is 7.38. The Labute approximate surface area is 239 Å². The third kappa shape index (κ3) is 5.27. The molecule has 0 spiro atoms. The molecule has 9 nitrogen and oxygen atoms in total. The van der Waals surface area contributed by atoms with Crippen LogP contribution in [0.2, 0.25) is 0 Å². The molecule has 1 unspecified atom stereocenters. The van der Waals surface area contributed by atoms with Crippen LogP contribution >= 0.6 is 0 Å². The highest BCUT2D eigenvalue weighted by molar-refractivity contribution is 6.46. The lowest BCUT2D eigenvalue weighted by Crippen LogP contribution is -2.29. The van der Waals surface area contributed by atoms with Crippen LogP contribution in [-0.4, -0.2) is 49.8 Å². The second kappa shape index (κ2) is 11.4. The maximum absolute atomic E-state index is 13.6. The van der Waals surface area contributed by atoms with E-state index in [9.17, 15) is 14.7 Å². The van der Waals surface area contributed by atoms with E-state index in [4.69, 9.17) is 9.47 Å². The minimum absolute atomic E-state index is 0.0291. The Kier molecular flexibility index (Phi) is 7.79. The number of benzene rings is 1. The Morgan fingerprint density at radius 1 is 1.10 bits per heavy atom. The number of carbonyl (C=O) groups excluding carboxylic acids is 2. The molecule has 1 N–H and O–H groups in total. The van der Waals surface area contributed by atoms with Crippen molar-refractivity contribution in [1.82, 2.24) is 19.3 Å². The highest BCUT2D eigenvalue weighted by Gasteiger charge is 2.47. The summed E-state index contributed by atoms with van der Waals surface area (Å²) in [6.07, 6.45) is 6.03. The van der Waals surface area contributed by atoms with Crippen molar-refractivity contribution in [1.29, 1.82) is 0 Å². The van der Waals surface area contributed by atoms with Crippen LogP contribution in [0.5, 0.6) is 11.5 Å². The van der Waals surface area contributed by atoms with Gasteiger partial charge in [-0.05, 0) is 67.1 Å². The zero-order valence-corrected chi connectivity index (χ0v) is 23.9. The van der Waals surface area contributed by atoms with Gasteiger partial charge in [-0.15, -0.1) is 0 Å². The number of fused-ring (bicyclic) bond motifs is 1. The lowest BCUT2D eigenvalue weighted by molar-refractivity contribution is -0.140. The average Bonchev–Trinajstić information content (AvgIpc) is 3.43. The summed E-state index contributed by atoms with van der Waals surface area (Å²) in [5.41, 5.74) is 3.81. The van der Waals surface area contributed by atoms with Gasteiger partial charge in [-0.25, -0.2) is 4.98 Å². The van der Waals surface area contributed by atoms with Gasteiger partial charge in [0.2, 0.25) is 0 Å². The van der Waals surface area contributed by atoms with Gasteiger partial charge in [0.05, 0.1) is 31.0 Å². The van der Waals surface area contributed by atoms with Crippen LogP contribution in [0.15, 0.2) is 66.6 Å². The molecule has 1 saturated heterocycles. The molecule has 3 aromatic heterocycles. The Bertz CT molecular complexity index is 1640. The first-order valence-corrected chi connectivity index (χ1v) is 13.6. The molecular formula is C32H34N4O5.